The van der Waals surface area contributed by atoms with Crippen molar-refractivity contribution in [2.45, 2.75) is 51.6 Å². The predicted octanol–water partition coefficient (Wildman–Crippen LogP) is 1.34. The fourth-order valence-electron chi connectivity index (χ4n) is 3.92. The quantitative estimate of drug-likeness (QED) is 0.888. The third-order valence-electron chi connectivity index (χ3n) is 4.82. The van der Waals surface area contributed by atoms with E-state index in [1.807, 2.05) is 18.5 Å². The predicted molar refractivity (Wildman–Crippen MR) is 71.4 cm³/mol. The Morgan fingerprint density at radius 1 is 1.47 bits per heavy atom. The van der Waals surface area contributed by atoms with Gasteiger partial charge in [-0.15, -0.1) is 0 Å². The molecule has 3 rings (SSSR count). The molecule has 1 aromatic heterocycles. The molecule has 104 valence electrons. The van der Waals surface area contributed by atoms with Gasteiger partial charge < -0.3 is 5.73 Å². The highest BCUT2D eigenvalue weighted by molar-refractivity contribution is 5.84. The molecule has 5 heteroatoms. The number of rotatable bonds is 4. The molecule has 4 unspecified atom stereocenters. The monoisotopic (exact) mass is 262 g/mol. The molecule has 2 aliphatic carbocycles. The van der Waals surface area contributed by atoms with Gasteiger partial charge >= 0.3 is 0 Å². The molecule has 0 spiro atoms. The summed E-state index contributed by atoms with van der Waals surface area (Å²) < 4.78 is 1.83. The standard InChI is InChI=1S/C14H22N4O/c1-8(2)18-12(16-7-17-18)6-11(19)13-9-3-4-10(5-9)14(13)15/h7-10,13-14H,3-6,15H2,1-2H3. The van der Waals surface area contributed by atoms with E-state index in [2.05, 4.69) is 10.1 Å². The smallest absolute Gasteiger partial charge is 0.145 e. The number of nitrogens with two attached hydrogens (primary N) is 1. The molecule has 1 heterocycles. The topological polar surface area (TPSA) is 73.8 Å². The summed E-state index contributed by atoms with van der Waals surface area (Å²) in [4.78, 5) is 16.8. The summed E-state index contributed by atoms with van der Waals surface area (Å²) in [7, 11) is 0. The Balaban J connectivity index is 1.73. The first kappa shape index (κ1) is 12.8. The number of carbonyl (C=O) groups excluding carboxylic acids is 1. The number of hydrogen-bond donors (Lipinski definition) is 1. The Kier molecular flexibility index (Phi) is 3.17. The first-order valence-corrected chi connectivity index (χ1v) is 7.24. The first-order chi connectivity index (χ1) is 9.08. The Morgan fingerprint density at radius 2 is 2.21 bits per heavy atom. The molecular weight excluding hydrogens is 240 g/mol. The zero-order valence-corrected chi connectivity index (χ0v) is 11.6. The second kappa shape index (κ2) is 4.71. The number of carbonyl (C=O) groups is 1. The minimum absolute atomic E-state index is 0.0519. The van der Waals surface area contributed by atoms with Crippen LogP contribution >= 0.6 is 0 Å². The maximum atomic E-state index is 12.5. The molecular formula is C14H22N4O. The van der Waals surface area contributed by atoms with Gasteiger partial charge in [0.25, 0.3) is 0 Å². The Labute approximate surface area is 113 Å². The van der Waals surface area contributed by atoms with Gasteiger partial charge in [-0.3, -0.25) is 4.79 Å². The van der Waals surface area contributed by atoms with Crippen LogP contribution in [0.2, 0.25) is 0 Å². The van der Waals surface area contributed by atoms with Crippen LogP contribution in [0.1, 0.15) is 45.0 Å². The minimum Gasteiger partial charge on any atom is -0.327 e. The van der Waals surface area contributed by atoms with Crippen molar-refractivity contribution in [1.29, 1.82) is 0 Å². The van der Waals surface area contributed by atoms with Crippen molar-refractivity contribution in [3.63, 3.8) is 0 Å². The molecule has 0 saturated heterocycles. The average Bonchev–Trinajstić information content (AvgIpc) is 3.02. The van der Waals surface area contributed by atoms with E-state index >= 15 is 0 Å². The summed E-state index contributed by atoms with van der Waals surface area (Å²) in [6.45, 7) is 4.10. The highest BCUT2D eigenvalue weighted by atomic mass is 16.1. The molecule has 0 aliphatic heterocycles. The lowest BCUT2D eigenvalue weighted by molar-refractivity contribution is -0.124. The zero-order valence-electron chi connectivity index (χ0n) is 11.6. The Morgan fingerprint density at radius 3 is 2.84 bits per heavy atom. The van der Waals surface area contributed by atoms with Crippen molar-refractivity contribution >= 4 is 5.78 Å². The van der Waals surface area contributed by atoms with Gasteiger partial charge in [-0.2, -0.15) is 5.10 Å². The van der Waals surface area contributed by atoms with Gasteiger partial charge in [-0.1, -0.05) is 0 Å². The maximum Gasteiger partial charge on any atom is 0.145 e. The number of hydrogen-bond acceptors (Lipinski definition) is 4. The molecule has 19 heavy (non-hydrogen) atoms. The third-order valence-corrected chi connectivity index (χ3v) is 4.82. The van der Waals surface area contributed by atoms with Crippen molar-refractivity contribution in [2.24, 2.45) is 23.5 Å². The van der Waals surface area contributed by atoms with Crippen LogP contribution in [0.15, 0.2) is 6.33 Å². The third kappa shape index (κ3) is 2.10. The van der Waals surface area contributed by atoms with Gasteiger partial charge in [0.15, 0.2) is 0 Å². The van der Waals surface area contributed by atoms with E-state index in [0.717, 1.165) is 12.2 Å². The van der Waals surface area contributed by atoms with Gasteiger partial charge in [-0.05, 0) is 44.9 Å². The van der Waals surface area contributed by atoms with E-state index in [1.54, 1.807) is 0 Å². The van der Waals surface area contributed by atoms with Gasteiger partial charge in [0.05, 0.1) is 6.42 Å². The second-order valence-electron chi connectivity index (χ2n) is 6.29. The molecule has 5 nitrogen and oxygen atoms in total. The van der Waals surface area contributed by atoms with Crippen LogP contribution in [-0.4, -0.2) is 26.6 Å². The van der Waals surface area contributed by atoms with E-state index in [9.17, 15) is 4.79 Å². The van der Waals surface area contributed by atoms with E-state index < -0.39 is 0 Å². The molecule has 2 fully saturated rings. The minimum atomic E-state index is 0.0519. The van der Waals surface area contributed by atoms with Gasteiger partial charge in [-0.25, -0.2) is 9.67 Å². The van der Waals surface area contributed by atoms with Crippen molar-refractivity contribution < 1.29 is 4.79 Å². The molecule has 2 N–H and O–H groups in total. The molecule has 1 aromatic rings. The van der Waals surface area contributed by atoms with Crippen LogP contribution in [0.5, 0.6) is 0 Å². The molecule has 4 atom stereocenters. The van der Waals surface area contributed by atoms with Crippen molar-refractivity contribution in [2.75, 3.05) is 0 Å². The number of nitrogens with zero attached hydrogens (tertiary/aromatic N) is 3. The van der Waals surface area contributed by atoms with Crippen molar-refractivity contribution in [3.8, 4) is 0 Å². The number of fused-ring (bicyclic) bond motifs is 2. The molecule has 2 bridgehead atoms. The lowest BCUT2D eigenvalue weighted by Gasteiger charge is -2.26. The van der Waals surface area contributed by atoms with Crippen LogP contribution < -0.4 is 5.73 Å². The van der Waals surface area contributed by atoms with E-state index in [4.69, 9.17) is 5.73 Å². The van der Waals surface area contributed by atoms with Gasteiger partial charge in [0.1, 0.15) is 17.9 Å². The fourth-order valence-corrected chi connectivity index (χ4v) is 3.92. The largest absolute Gasteiger partial charge is 0.327 e. The molecule has 0 aromatic carbocycles. The number of aromatic nitrogens is 3. The van der Waals surface area contributed by atoms with Crippen LogP contribution in [-0.2, 0) is 11.2 Å². The SMILES string of the molecule is CC(C)n1ncnc1CC(=O)C1C2CCC(C2)C1N. The Bertz CT molecular complexity index is 480. The summed E-state index contributed by atoms with van der Waals surface area (Å²) in [5.41, 5.74) is 6.23. The van der Waals surface area contributed by atoms with E-state index in [1.165, 1.54) is 19.2 Å². The average molecular weight is 262 g/mol. The zero-order chi connectivity index (χ0) is 13.6. The van der Waals surface area contributed by atoms with Crippen LogP contribution in [0.25, 0.3) is 0 Å². The van der Waals surface area contributed by atoms with Gasteiger partial charge in [0, 0.05) is 18.0 Å². The summed E-state index contributed by atoms with van der Waals surface area (Å²) in [5.74, 6) is 2.17. The highest BCUT2D eigenvalue weighted by Gasteiger charge is 2.48. The van der Waals surface area contributed by atoms with Crippen LogP contribution in [0.3, 0.4) is 0 Å². The first-order valence-electron chi connectivity index (χ1n) is 7.24. The second-order valence-corrected chi connectivity index (χ2v) is 6.29. The molecule has 2 aliphatic rings. The van der Waals surface area contributed by atoms with E-state index in [0.29, 0.717) is 18.3 Å². The maximum absolute atomic E-state index is 12.5. The normalized spacial score (nSPS) is 33.3. The summed E-state index contributed by atoms with van der Waals surface area (Å²) in [5, 5.41) is 4.18. The van der Waals surface area contributed by atoms with Gasteiger partial charge in [0.2, 0.25) is 0 Å². The number of ketones is 1. The molecule has 0 amide bonds. The Hall–Kier alpha value is -1.23. The van der Waals surface area contributed by atoms with Crippen molar-refractivity contribution in [3.05, 3.63) is 12.2 Å². The van der Waals surface area contributed by atoms with Crippen LogP contribution in [0, 0.1) is 17.8 Å². The summed E-state index contributed by atoms with van der Waals surface area (Å²) in [6.07, 6.45) is 5.43. The number of Topliss-reactive ketones (excluding diaryl/α,β-unsaturated/α-hetero) is 1. The molecule has 0 radical (unpaired) electrons. The lowest BCUT2D eigenvalue weighted by Crippen LogP contribution is -2.41. The summed E-state index contributed by atoms with van der Waals surface area (Å²) >= 11 is 0. The van der Waals surface area contributed by atoms with E-state index in [-0.39, 0.29) is 23.8 Å². The summed E-state index contributed by atoms with van der Waals surface area (Å²) in [6, 6.07) is 0.306. The molecule has 2 saturated carbocycles. The lowest BCUT2D eigenvalue weighted by atomic mass is 9.81. The van der Waals surface area contributed by atoms with Crippen LogP contribution in [0.4, 0.5) is 0 Å². The fraction of sp³-hybridized carbons (Fsp3) is 0.786. The highest BCUT2D eigenvalue weighted by Crippen LogP contribution is 2.48. The van der Waals surface area contributed by atoms with Crippen molar-refractivity contribution in [1.82, 2.24) is 14.8 Å².